The van der Waals surface area contributed by atoms with Crippen LogP contribution in [0.2, 0.25) is 5.02 Å². The average Bonchev–Trinajstić information content (AvgIpc) is 2.37. The van der Waals surface area contributed by atoms with E-state index in [1.54, 1.807) is 0 Å². The van der Waals surface area contributed by atoms with Crippen molar-refractivity contribution in [3.8, 4) is 0 Å². The molecule has 2 rings (SSSR count). The Hall–Kier alpha value is -0.910. The maximum atomic E-state index is 13.7. The van der Waals surface area contributed by atoms with Gasteiger partial charge in [-0.25, -0.2) is 9.37 Å². The van der Waals surface area contributed by atoms with Crippen LogP contribution in [-0.2, 0) is 4.74 Å². The van der Waals surface area contributed by atoms with Crippen LogP contribution in [0.25, 0.3) is 0 Å². The molecule has 2 heterocycles. The van der Waals surface area contributed by atoms with E-state index in [1.807, 2.05) is 4.90 Å². The average molecular weight is 275 g/mol. The summed E-state index contributed by atoms with van der Waals surface area (Å²) in [6.45, 7) is 1.79. The van der Waals surface area contributed by atoms with Crippen molar-refractivity contribution in [2.75, 3.05) is 31.2 Å². The fourth-order valence-corrected chi connectivity index (χ4v) is 2.24. The van der Waals surface area contributed by atoms with Crippen LogP contribution in [0.3, 0.4) is 0 Å². The van der Waals surface area contributed by atoms with Gasteiger partial charge in [0.05, 0.1) is 24.3 Å². The Morgan fingerprint density at radius 2 is 2.22 bits per heavy atom. The van der Waals surface area contributed by atoms with E-state index in [4.69, 9.17) is 21.4 Å². The lowest BCUT2D eigenvalue weighted by Gasteiger charge is -2.32. The summed E-state index contributed by atoms with van der Waals surface area (Å²) in [4.78, 5) is 5.92. The Balaban J connectivity index is 1.93. The van der Waals surface area contributed by atoms with Gasteiger partial charge in [0.15, 0.2) is 11.6 Å². The van der Waals surface area contributed by atoms with Crippen molar-refractivity contribution in [3.63, 3.8) is 0 Å². The molecule has 1 N–H and O–H groups in total. The molecule has 1 aliphatic rings. The van der Waals surface area contributed by atoms with Crippen LogP contribution in [0.15, 0.2) is 12.3 Å². The maximum absolute atomic E-state index is 13.7. The smallest absolute Gasteiger partial charge is 0.167 e. The highest BCUT2D eigenvalue weighted by Crippen LogP contribution is 2.23. The second-order valence-corrected chi connectivity index (χ2v) is 4.68. The molecule has 0 unspecified atom stereocenters. The molecular weight excluding hydrogens is 259 g/mol. The number of pyridine rings is 1. The number of nitrogens with zero attached hydrogens (tertiary/aromatic N) is 2. The molecule has 6 heteroatoms. The number of hydrogen-bond acceptors (Lipinski definition) is 4. The highest BCUT2D eigenvalue weighted by molar-refractivity contribution is 6.30. The molecule has 100 valence electrons. The standard InChI is InChI=1S/C12H16ClFN2O2/c13-9-7-11(14)12(15-8-9)16-3-1-10(2-4-16)18-6-5-17/h7-8,10,17H,1-6H2. The van der Waals surface area contributed by atoms with Gasteiger partial charge >= 0.3 is 0 Å². The number of anilines is 1. The van der Waals surface area contributed by atoms with Gasteiger partial charge in [-0.2, -0.15) is 0 Å². The van der Waals surface area contributed by atoms with Crippen molar-refractivity contribution in [2.24, 2.45) is 0 Å². The minimum absolute atomic E-state index is 0.0353. The Kier molecular flexibility index (Phi) is 4.74. The summed E-state index contributed by atoms with van der Waals surface area (Å²) < 4.78 is 19.1. The highest BCUT2D eigenvalue weighted by Gasteiger charge is 2.22. The number of aliphatic hydroxyl groups excluding tert-OH is 1. The Morgan fingerprint density at radius 1 is 1.50 bits per heavy atom. The molecule has 0 aliphatic carbocycles. The Labute approximate surface area is 110 Å². The summed E-state index contributed by atoms with van der Waals surface area (Å²) in [5.41, 5.74) is 0. The summed E-state index contributed by atoms with van der Waals surface area (Å²) in [5, 5.41) is 8.98. The van der Waals surface area contributed by atoms with Crippen molar-refractivity contribution in [1.82, 2.24) is 4.98 Å². The summed E-state index contributed by atoms with van der Waals surface area (Å²) in [5.74, 6) is -0.0442. The maximum Gasteiger partial charge on any atom is 0.167 e. The Bertz CT molecular complexity index is 398. The first-order valence-electron chi connectivity index (χ1n) is 5.99. The molecule has 0 spiro atoms. The molecule has 0 bridgehead atoms. The number of aromatic nitrogens is 1. The number of ether oxygens (including phenoxy) is 1. The summed E-state index contributed by atoms with van der Waals surface area (Å²) in [6.07, 6.45) is 3.21. The van der Waals surface area contributed by atoms with E-state index in [2.05, 4.69) is 4.98 Å². The zero-order valence-electron chi connectivity index (χ0n) is 9.98. The van der Waals surface area contributed by atoms with Gasteiger partial charge in [-0.15, -0.1) is 0 Å². The van der Waals surface area contributed by atoms with Gasteiger partial charge in [0.2, 0.25) is 0 Å². The molecule has 0 aromatic carbocycles. The lowest BCUT2D eigenvalue weighted by Crippen LogP contribution is -2.38. The zero-order chi connectivity index (χ0) is 13.0. The molecule has 1 fully saturated rings. The van der Waals surface area contributed by atoms with Crippen LogP contribution >= 0.6 is 11.6 Å². The SMILES string of the molecule is OCCOC1CCN(c2ncc(Cl)cc2F)CC1. The lowest BCUT2D eigenvalue weighted by molar-refractivity contribution is 0.0158. The minimum atomic E-state index is -0.391. The number of rotatable bonds is 4. The first-order valence-corrected chi connectivity index (χ1v) is 6.37. The monoisotopic (exact) mass is 274 g/mol. The van der Waals surface area contributed by atoms with Crippen LogP contribution in [-0.4, -0.2) is 42.5 Å². The molecule has 0 amide bonds. The highest BCUT2D eigenvalue weighted by atomic mass is 35.5. The third-order valence-electron chi connectivity index (χ3n) is 2.97. The molecule has 0 saturated carbocycles. The van der Waals surface area contributed by atoms with Crippen molar-refractivity contribution in [2.45, 2.75) is 18.9 Å². The minimum Gasteiger partial charge on any atom is -0.394 e. The first kappa shape index (κ1) is 13.5. The number of hydrogen-bond donors (Lipinski definition) is 1. The van der Waals surface area contributed by atoms with Gasteiger partial charge in [-0.3, -0.25) is 0 Å². The topological polar surface area (TPSA) is 45.6 Å². The van der Waals surface area contributed by atoms with Crippen molar-refractivity contribution < 1.29 is 14.2 Å². The zero-order valence-corrected chi connectivity index (χ0v) is 10.7. The molecule has 0 atom stereocenters. The van der Waals surface area contributed by atoms with E-state index in [1.165, 1.54) is 12.3 Å². The third-order valence-corrected chi connectivity index (χ3v) is 3.18. The van der Waals surface area contributed by atoms with E-state index < -0.39 is 5.82 Å². The number of piperidine rings is 1. The first-order chi connectivity index (χ1) is 8.70. The molecule has 1 saturated heterocycles. The normalized spacial score (nSPS) is 17.2. The third kappa shape index (κ3) is 3.31. The Morgan fingerprint density at radius 3 is 2.83 bits per heavy atom. The van der Waals surface area contributed by atoms with E-state index in [-0.39, 0.29) is 12.7 Å². The molecule has 4 nitrogen and oxygen atoms in total. The fraction of sp³-hybridized carbons (Fsp3) is 0.583. The van der Waals surface area contributed by atoms with Gasteiger partial charge in [0.1, 0.15) is 0 Å². The van der Waals surface area contributed by atoms with Crippen LogP contribution in [0.5, 0.6) is 0 Å². The molecule has 1 aromatic rings. The van der Waals surface area contributed by atoms with Gasteiger partial charge in [0.25, 0.3) is 0 Å². The van der Waals surface area contributed by atoms with E-state index in [9.17, 15) is 4.39 Å². The quantitative estimate of drug-likeness (QED) is 0.910. The van der Waals surface area contributed by atoms with Gasteiger partial charge in [0, 0.05) is 19.3 Å². The second kappa shape index (κ2) is 6.31. The predicted molar refractivity (Wildman–Crippen MR) is 67.5 cm³/mol. The van der Waals surface area contributed by atoms with E-state index in [0.29, 0.717) is 30.5 Å². The predicted octanol–water partition coefficient (Wildman–Crippen LogP) is 1.85. The summed E-state index contributed by atoms with van der Waals surface area (Å²) in [6, 6.07) is 1.28. The van der Waals surface area contributed by atoms with Crippen LogP contribution in [0, 0.1) is 5.82 Å². The van der Waals surface area contributed by atoms with E-state index in [0.717, 1.165) is 12.8 Å². The number of halogens is 2. The summed E-state index contributed by atoms with van der Waals surface area (Å²) >= 11 is 5.67. The van der Waals surface area contributed by atoms with Crippen LogP contribution in [0.1, 0.15) is 12.8 Å². The van der Waals surface area contributed by atoms with Gasteiger partial charge in [-0.1, -0.05) is 11.6 Å². The van der Waals surface area contributed by atoms with Crippen molar-refractivity contribution in [1.29, 1.82) is 0 Å². The largest absolute Gasteiger partial charge is 0.394 e. The molecule has 1 aliphatic heterocycles. The summed E-state index contributed by atoms with van der Waals surface area (Å²) in [7, 11) is 0. The molecule has 18 heavy (non-hydrogen) atoms. The van der Waals surface area contributed by atoms with Gasteiger partial charge < -0.3 is 14.7 Å². The molecule has 1 aromatic heterocycles. The van der Waals surface area contributed by atoms with Crippen molar-refractivity contribution >= 4 is 17.4 Å². The fourth-order valence-electron chi connectivity index (χ4n) is 2.09. The second-order valence-electron chi connectivity index (χ2n) is 4.24. The molecular formula is C12H16ClFN2O2. The number of aliphatic hydroxyl groups is 1. The van der Waals surface area contributed by atoms with Crippen molar-refractivity contribution in [3.05, 3.63) is 23.1 Å². The van der Waals surface area contributed by atoms with E-state index >= 15 is 0 Å². The van der Waals surface area contributed by atoms with Crippen LogP contribution in [0.4, 0.5) is 10.2 Å². The lowest BCUT2D eigenvalue weighted by atomic mass is 10.1. The van der Waals surface area contributed by atoms with Crippen LogP contribution < -0.4 is 4.90 Å². The van der Waals surface area contributed by atoms with Gasteiger partial charge in [-0.05, 0) is 18.9 Å². The molecule has 0 radical (unpaired) electrons.